The molecule has 0 fully saturated rings. The first-order valence-corrected chi connectivity index (χ1v) is 6.71. The summed E-state index contributed by atoms with van der Waals surface area (Å²) in [7, 11) is 0. The van der Waals surface area contributed by atoms with E-state index in [9.17, 15) is 4.79 Å². The zero-order chi connectivity index (χ0) is 13.1. The van der Waals surface area contributed by atoms with Crippen molar-refractivity contribution in [3.63, 3.8) is 0 Å². The van der Waals surface area contributed by atoms with E-state index in [1.54, 1.807) is 16.8 Å². The van der Waals surface area contributed by atoms with E-state index in [0.29, 0.717) is 0 Å². The predicted octanol–water partition coefficient (Wildman–Crippen LogP) is 3.49. The molecule has 0 spiro atoms. The summed E-state index contributed by atoms with van der Waals surface area (Å²) in [4.78, 5) is 15.0. The number of unbranched alkanes of at least 4 members (excludes halogenated alkanes) is 2. The maximum absolute atomic E-state index is 11.2. The topological polar surface area (TPSA) is 34.9 Å². The van der Waals surface area contributed by atoms with Gasteiger partial charge in [-0.25, -0.2) is 9.78 Å². The lowest BCUT2D eigenvalue weighted by Gasteiger charge is -2.05. The molecule has 0 N–H and O–H groups in total. The summed E-state index contributed by atoms with van der Waals surface area (Å²) >= 11 is 0. The van der Waals surface area contributed by atoms with E-state index in [4.69, 9.17) is 0 Å². The monoisotopic (exact) mass is 238 g/mol. The molecule has 0 unspecified atom stereocenters. The Kier molecular flexibility index (Phi) is 9.40. The Morgan fingerprint density at radius 2 is 1.94 bits per heavy atom. The first-order valence-electron chi connectivity index (χ1n) is 6.71. The predicted molar refractivity (Wildman–Crippen MR) is 73.2 cm³/mol. The van der Waals surface area contributed by atoms with Crippen LogP contribution in [0.1, 0.15) is 53.4 Å². The van der Waals surface area contributed by atoms with E-state index in [2.05, 4.69) is 18.8 Å². The molecule has 0 aliphatic carbocycles. The molecule has 17 heavy (non-hydrogen) atoms. The van der Waals surface area contributed by atoms with Gasteiger partial charge in [-0.05, 0) is 18.4 Å². The molecule has 0 aliphatic heterocycles. The van der Waals surface area contributed by atoms with Crippen LogP contribution in [0.15, 0.2) is 23.3 Å². The van der Waals surface area contributed by atoms with E-state index in [-0.39, 0.29) is 5.69 Å². The molecule has 3 heteroatoms. The number of hydrogen-bond donors (Lipinski definition) is 0. The zero-order valence-electron chi connectivity index (χ0n) is 11.6. The molecule has 0 bridgehead atoms. The van der Waals surface area contributed by atoms with Gasteiger partial charge in [0, 0.05) is 18.9 Å². The van der Waals surface area contributed by atoms with Gasteiger partial charge in [-0.1, -0.05) is 47.0 Å². The zero-order valence-corrected chi connectivity index (χ0v) is 11.6. The Hall–Kier alpha value is -1.12. The van der Waals surface area contributed by atoms with Crippen molar-refractivity contribution >= 4 is 0 Å². The van der Waals surface area contributed by atoms with Gasteiger partial charge in [0.1, 0.15) is 0 Å². The lowest BCUT2D eigenvalue weighted by molar-refractivity contribution is 0.501. The van der Waals surface area contributed by atoms with E-state index in [1.807, 2.05) is 13.8 Å². The van der Waals surface area contributed by atoms with Crippen molar-refractivity contribution < 1.29 is 0 Å². The number of rotatable bonds is 6. The van der Waals surface area contributed by atoms with Gasteiger partial charge < -0.3 is 0 Å². The van der Waals surface area contributed by atoms with Crippen LogP contribution in [0.3, 0.4) is 0 Å². The fraction of sp³-hybridized carbons (Fsp3) is 0.714. The molecule has 3 nitrogen and oxygen atoms in total. The molecule has 1 heterocycles. The second kappa shape index (κ2) is 10.1. The largest absolute Gasteiger partial charge is 0.347 e. The van der Waals surface area contributed by atoms with Crippen LogP contribution in [0, 0.1) is 5.92 Å². The van der Waals surface area contributed by atoms with Gasteiger partial charge in [-0.2, -0.15) is 0 Å². The highest BCUT2D eigenvalue weighted by Gasteiger charge is 1.96. The molecule has 0 radical (unpaired) electrons. The van der Waals surface area contributed by atoms with E-state index in [1.165, 1.54) is 25.5 Å². The van der Waals surface area contributed by atoms with Crippen LogP contribution in [0.25, 0.3) is 0 Å². The minimum atomic E-state index is -0.138. The average Bonchev–Trinajstić information content (AvgIpc) is 2.33. The van der Waals surface area contributed by atoms with E-state index < -0.39 is 0 Å². The lowest BCUT2D eigenvalue weighted by Crippen LogP contribution is -2.21. The summed E-state index contributed by atoms with van der Waals surface area (Å²) in [6.07, 6.45) is 8.14. The van der Waals surface area contributed by atoms with Crippen molar-refractivity contribution in [3.8, 4) is 0 Å². The third kappa shape index (κ3) is 7.72. The first-order chi connectivity index (χ1) is 8.20. The summed E-state index contributed by atoms with van der Waals surface area (Å²) in [6, 6.07) is 1.80. The van der Waals surface area contributed by atoms with Gasteiger partial charge in [0.05, 0.1) is 0 Å². The Morgan fingerprint density at radius 1 is 1.24 bits per heavy atom. The number of hydrogen-bond acceptors (Lipinski definition) is 2. The molecule has 1 aromatic heterocycles. The van der Waals surface area contributed by atoms with Crippen molar-refractivity contribution in [2.45, 2.75) is 59.9 Å². The third-order valence-electron chi connectivity index (χ3n) is 2.46. The van der Waals surface area contributed by atoms with Gasteiger partial charge in [0.2, 0.25) is 0 Å². The quantitative estimate of drug-likeness (QED) is 0.711. The minimum Gasteiger partial charge on any atom is -0.299 e. The van der Waals surface area contributed by atoms with Crippen molar-refractivity contribution in [1.82, 2.24) is 9.55 Å². The molecular weight excluding hydrogens is 212 g/mol. The molecule has 0 aromatic carbocycles. The highest BCUT2D eigenvalue weighted by atomic mass is 16.1. The van der Waals surface area contributed by atoms with Gasteiger partial charge in [0.25, 0.3) is 0 Å². The van der Waals surface area contributed by atoms with Crippen LogP contribution >= 0.6 is 0 Å². The molecule has 0 saturated carbocycles. The van der Waals surface area contributed by atoms with Crippen LogP contribution in [-0.2, 0) is 6.54 Å². The van der Waals surface area contributed by atoms with E-state index >= 15 is 0 Å². The maximum atomic E-state index is 11.2. The summed E-state index contributed by atoms with van der Waals surface area (Å²) in [6.45, 7) is 9.28. The molecule has 1 rings (SSSR count). The summed E-state index contributed by atoms with van der Waals surface area (Å²) < 4.78 is 1.68. The lowest BCUT2D eigenvalue weighted by atomic mass is 10.1. The number of aromatic nitrogens is 2. The highest BCUT2D eigenvalue weighted by molar-refractivity contribution is 4.80. The summed E-state index contributed by atoms with van der Waals surface area (Å²) in [5.74, 6) is 0.783. The Morgan fingerprint density at radius 3 is 2.53 bits per heavy atom. The standard InChI is InChI=1S/C12H20N2O.C2H6/c1-11(2)7-4-3-5-9-14-10-6-8-13-12(14)15;1-2/h6,8,10-11H,3-5,7,9H2,1-2H3;1-2H3. The summed E-state index contributed by atoms with van der Waals surface area (Å²) in [5.41, 5.74) is -0.138. The fourth-order valence-electron chi connectivity index (χ4n) is 1.57. The van der Waals surface area contributed by atoms with Crippen molar-refractivity contribution in [2.75, 3.05) is 0 Å². The van der Waals surface area contributed by atoms with Crippen LogP contribution in [0.5, 0.6) is 0 Å². The smallest absolute Gasteiger partial charge is 0.299 e. The Bertz CT molecular complexity index is 331. The minimum absolute atomic E-state index is 0.138. The van der Waals surface area contributed by atoms with Crippen LogP contribution in [0.4, 0.5) is 0 Å². The average molecular weight is 238 g/mol. The third-order valence-corrected chi connectivity index (χ3v) is 2.46. The van der Waals surface area contributed by atoms with Crippen LogP contribution in [0.2, 0.25) is 0 Å². The van der Waals surface area contributed by atoms with Crippen molar-refractivity contribution in [2.24, 2.45) is 5.92 Å². The van der Waals surface area contributed by atoms with Crippen LogP contribution < -0.4 is 5.69 Å². The molecular formula is C14H26N2O. The second-order valence-corrected chi connectivity index (χ2v) is 4.34. The molecule has 0 saturated heterocycles. The summed E-state index contributed by atoms with van der Waals surface area (Å²) in [5, 5.41) is 0. The van der Waals surface area contributed by atoms with Gasteiger partial charge in [-0.3, -0.25) is 4.57 Å². The Labute approximate surface area is 105 Å². The number of aryl methyl sites for hydroxylation is 1. The highest BCUT2D eigenvalue weighted by Crippen LogP contribution is 2.08. The normalized spacial score (nSPS) is 9.94. The van der Waals surface area contributed by atoms with Gasteiger partial charge in [-0.15, -0.1) is 0 Å². The fourth-order valence-corrected chi connectivity index (χ4v) is 1.57. The SMILES string of the molecule is CC.CC(C)CCCCCn1cccnc1=O. The molecule has 0 atom stereocenters. The van der Waals surface area contributed by atoms with Crippen molar-refractivity contribution in [1.29, 1.82) is 0 Å². The first kappa shape index (κ1) is 15.9. The molecule has 0 aliphatic rings. The molecule has 98 valence electrons. The molecule has 1 aromatic rings. The second-order valence-electron chi connectivity index (χ2n) is 4.34. The maximum Gasteiger partial charge on any atom is 0.347 e. The Balaban J connectivity index is 0.00000121. The van der Waals surface area contributed by atoms with Crippen LogP contribution in [-0.4, -0.2) is 9.55 Å². The van der Waals surface area contributed by atoms with Gasteiger partial charge >= 0.3 is 5.69 Å². The van der Waals surface area contributed by atoms with Gasteiger partial charge in [0.15, 0.2) is 0 Å². The van der Waals surface area contributed by atoms with E-state index in [0.717, 1.165) is 18.9 Å². The number of nitrogens with zero attached hydrogens (tertiary/aromatic N) is 2. The van der Waals surface area contributed by atoms with Crippen molar-refractivity contribution in [3.05, 3.63) is 28.9 Å². The molecule has 0 amide bonds.